The molecule has 1 aromatic carbocycles. The number of carbonyl (C=O) groups is 1. The monoisotopic (exact) mass is 528 g/mol. The number of anilines is 1. The summed E-state index contributed by atoms with van der Waals surface area (Å²) in [6.45, 7) is 10.6. The molecule has 0 saturated carbocycles. The average Bonchev–Trinajstić information content (AvgIpc) is 3.15. The molecule has 0 unspecified atom stereocenters. The van der Waals surface area contributed by atoms with Crippen LogP contribution in [-0.4, -0.2) is 46.8 Å². The van der Waals surface area contributed by atoms with E-state index >= 15 is 0 Å². The van der Waals surface area contributed by atoms with Crippen LogP contribution in [0.3, 0.4) is 0 Å². The Hall–Kier alpha value is -2.30. The van der Waals surface area contributed by atoms with Crippen molar-refractivity contribution in [3.63, 3.8) is 0 Å². The fourth-order valence-electron chi connectivity index (χ4n) is 2.54. The minimum atomic E-state index is -0.515. The van der Waals surface area contributed by atoms with Crippen molar-refractivity contribution in [2.24, 2.45) is 4.99 Å². The van der Waals surface area contributed by atoms with Crippen LogP contribution in [-0.2, 0) is 17.7 Å². The number of guanidine groups is 1. The summed E-state index contributed by atoms with van der Waals surface area (Å²) >= 11 is 0. The number of ether oxygens (including phenoxy) is 1. The summed E-state index contributed by atoms with van der Waals surface area (Å²) in [6.07, 6.45) is 5.87. The quantitative estimate of drug-likeness (QED) is 0.277. The van der Waals surface area contributed by atoms with Gasteiger partial charge in [-0.2, -0.15) is 0 Å². The first-order valence-corrected chi connectivity index (χ1v) is 9.92. The average molecular weight is 528 g/mol. The van der Waals surface area contributed by atoms with Crippen LogP contribution >= 0.6 is 24.0 Å². The van der Waals surface area contributed by atoms with E-state index in [4.69, 9.17) is 4.74 Å². The fraction of sp³-hybridized carbons (Fsp3) is 0.476. The Morgan fingerprint density at radius 3 is 2.53 bits per heavy atom. The summed E-state index contributed by atoms with van der Waals surface area (Å²) in [5.41, 5.74) is 1.35. The van der Waals surface area contributed by atoms with Gasteiger partial charge >= 0.3 is 6.09 Å². The van der Waals surface area contributed by atoms with Gasteiger partial charge in [0.1, 0.15) is 5.60 Å². The van der Waals surface area contributed by atoms with Crippen LogP contribution in [0.4, 0.5) is 10.5 Å². The Balaban J connectivity index is 0.00000450. The van der Waals surface area contributed by atoms with Gasteiger partial charge in [-0.3, -0.25) is 10.3 Å². The molecule has 1 amide bonds. The Morgan fingerprint density at radius 2 is 1.93 bits per heavy atom. The summed E-state index contributed by atoms with van der Waals surface area (Å²) in [6, 6.07) is 7.72. The number of rotatable bonds is 8. The van der Waals surface area contributed by atoms with Gasteiger partial charge < -0.3 is 19.9 Å². The molecule has 0 radical (unpaired) electrons. The molecule has 0 saturated heterocycles. The standard InChI is InChI=1S/C21H32N6O2.HI/c1-5-23-19(25-13-15-27-14-12-22-16-27)24-11-10-17-6-8-18(9-7-17)26-20(28)29-21(2,3)4;/h6-9,12,14,16H,5,10-11,13,15H2,1-4H3,(H,26,28)(H2,23,24,25);1H. The lowest BCUT2D eigenvalue weighted by Gasteiger charge is -2.19. The number of aromatic nitrogens is 2. The van der Waals surface area contributed by atoms with Crippen molar-refractivity contribution in [2.45, 2.75) is 46.3 Å². The first kappa shape index (κ1) is 25.7. The molecule has 0 fully saturated rings. The summed E-state index contributed by atoms with van der Waals surface area (Å²) in [4.78, 5) is 20.5. The molecule has 3 N–H and O–H groups in total. The number of nitrogens with zero attached hydrogens (tertiary/aromatic N) is 3. The number of hydrogen-bond acceptors (Lipinski definition) is 4. The Bertz CT molecular complexity index is 770. The minimum Gasteiger partial charge on any atom is -0.444 e. The smallest absolute Gasteiger partial charge is 0.412 e. The normalized spacial score (nSPS) is 11.4. The van der Waals surface area contributed by atoms with E-state index in [2.05, 4.69) is 25.9 Å². The maximum atomic E-state index is 11.8. The highest BCUT2D eigenvalue weighted by Crippen LogP contribution is 2.13. The maximum Gasteiger partial charge on any atom is 0.412 e. The van der Waals surface area contributed by atoms with Gasteiger partial charge in [-0.15, -0.1) is 24.0 Å². The first-order chi connectivity index (χ1) is 13.9. The molecule has 8 nitrogen and oxygen atoms in total. The van der Waals surface area contributed by atoms with Gasteiger partial charge in [-0.1, -0.05) is 12.1 Å². The summed E-state index contributed by atoms with van der Waals surface area (Å²) in [5, 5.41) is 9.31. The highest BCUT2D eigenvalue weighted by Gasteiger charge is 2.16. The third-order valence-corrected chi connectivity index (χ3v) is 3.84. The molecular weight excluding hydrogens is 495 g/mol. The predicted molar refractivity (Wildman–Crippen MR) is 132 cm³/mol. The number of nitrogens with one attached hydrogen (secondary N) is 3. The van der Waals surface area contributed by atoms with Gasteiger partial charge in [0.25, 0.3) is 0 Å². The van der Waals surface area contributed by atoms with Gasteiger partial charge in [-0.25, -0.2) is 9.78 Å². The number of halogens is 1. The van der Waals surface area contributed by atoms with Crippen LogP contribution < -0.4 is 16.0 Å². The van der Waals surface area contributed by atoms with E-state index in [9.17, 15) is 4.79 Å². The second kappa shape index (κ2) is 13.1. The molecular formula is C21H33IN6O2. The largest absolute Gasteiger partial charge is 0.444 e. The van der Waals surface area contributed by atoms with Crippen molar-refractivity contribution >= 4 is 41.7 Å². The van der Waals surface area contributed by atoms with Gasteiger partial charge in [0, 0.05) is 44.3 Å². The van der Waals surface area contributed by atoms with Crippen molar-refractivity contribution in [3.05, 3.63) is 48.5 Å². The molecule has 0 bridgehead atoms. The first-order valence-electron chi connectivity index (χ1n) is 9.92. The van der Waals surface area contributed by atoms with E-state index in [-0.39, 0.29) is 24.0 Å². The van der Waals surface area contributed by atoms with Crippen molar-refractivity contribution < 1.29 is 9.53 Å². The lowest BCUT2D eigenvalue weighted by molar-refractivity contribution is 0.0636. The lowest BCUT2D eigenvalue weighted by Crippen LogP contribution is -2.39. The Kier molecular flexibility index (Phi) is 11.2. The molecule has 0 atom stereocenters. The van der Waals surface area contributed by atoms with Crippen LogP contribution in [0.1, 0.15) is 33.3 Å². The molecule has 1 aromatic heterocycles. The minimum absolute atomic E-state index is 0. The van der Waals surface area contributed by atoms with Crippen LogP contribution in [0, 0.1) is 0 Å². The number of benzene rings is 1. The molecule has 1 heterocycles. The second-order valence-electron chi connectivity index (χ2n) is 7.56. The molecule has 0 aliphatic rings. The van der Waals surface area contributed by atoms with Gasteiger partial charge in [0.2, 0.25) is 0 Å². The highest BCUT2D eigenvalue weighted by atomic mass is 127. The van der Waals surface area contributed by atoms with Crippen molar-refractivity contribution in [2.75, 3.05) is 25.0 Å². The molecule has 0 aliphatic heterocycles. The number of hydrogen-bond donors (Lipinski definition) is 3. The van der Waals surface area contributed by atoms with Gasteiger partial charge in [0.15, 0.2) is 5.96 Å². The molecule has 2 aromatic rings. The van der Waals surface area contributed by atoms with E-state index in [1.165, 1.54) is 0 Å². The number of imidazole rings is 1. The third kappa shape index (κ3) is 10.5. The summed E-state index contributed by atoms with van der Waals surface area (Å²) in [5.74, 6) is 0.802. The number of aliphatic imine (C=N–C) groups is 1. The van der Waals surface area contributed by atoms with Gasteiger partial charge in [0.05, 0.1) is 6.33 Å². The zero-order chi connectivity index (χ0) is 21.1. The third-order valence-electron chi connectivity index (χ3n) is 3.84. The van der Waals surface area contributed by atoms with Crippen LogP contribution in [0.15, 0.2) is 48.0 Å². The number of amides is 1. The van der Waals surface area contributed by atoms with E-state index in [1.807, 2.05) is 62.7 Å². The fourth-order valence-corrected chi connectivity index (χ4v) is 2.54. The van der Waals surface area contributed by atoms with Crippen molar-refractivity contribution in [1.82, 2.24) is 20.2 Å². The maximum absolute atomic E-state index is 11.8. The zero-order valence-corrected chi connectivity index (χ0v) is 20.5. The summed E-state index contributed by atoms with van der Waals surface area (Å²) in [7, 11) is 0. The topological polar surface area (TPSA) is 92.6 Å². The van der Waals surface area contributed by atoms with E-state index in [0.717, 1.165) is 37.6 Å². The van der Waals surface area contributed by atoms with E-state index in [1.54, 1.807) is 12.5 Å². The molecule has 0 aliphatic carbocycles. The van der Waals surface area contributed by atoms with Crippen LogP contribution in [0.2, 0.25) is 0 Å². The highest BCUT2D eigenvalue weighted by molar-refractivity contribution is 14.0. The molecule has 166 valence electrons. The zero-order valence-electron chi connectivity index (χ0n) is 18.1. The predicted octanol–water partition coefficient (Wildman–Crippen LogP) is 3.65. The van der Waals surface area contributed by atoms with Crippen LogP contribution in [0.25, 0.3) is 0 Å². The molecule has 0 spiro atoms. The Labute approximate surface area is 195 Å². The van der Waals surface area contributed by atoms with E-state index < -0.39 is 11.7 Å². The SMILES string of the molecule is CCNC(=NCCc1ccc(NC(=O)OC(C)(C)C)cc1)NCCn1ccnc1.I. The molecule has 30 heavy (non-hydrogen) atoms. The second-order valence-corrected chi connectivity index (χ2v) is 7.56. The van der Waals surface area contributed by atoms with Gasteiger partial charge in [-0.05, 0) is 51.8 Å². The van der Waals surface area contributed by atoms with Crippen molar-refractivity contribution in [3.8, 4) is 0 Å². The lowest BCUT2D eigenvalue weighted by atomic mass is 10.1. The number of carbonyl (C=O) groups excluding carboxylic acids is 1. The van der Waals surface area contributed by atoms with Crippen molar-refractivity contribution in [1.29, 1.82) is 0 Å². The molecule has 9 heteroatoms. The van der Waals surface area contributed by atoms with Crippen LogP contribution in [0.5, 0.6) is 0 Å². The van der Waals surface area contributed by atoms with E-state index in [0.29, 0.717) is 12.2 Å². The molecule has 2 rings (SSSR count). The summed E-state index contributed by atoms with van der Waals surface area (Å²) < 4.78 is 7.27. The Morgan fingerprint density at radius 1 is 1.20 bits per heavy atom.